The lowest BCUT2D eigenvalue weighted by Crippen LogP contribution is -2.25. The van der Waals surface area contributed by atoms with Gasteiger partial charge >= 0.3 is 23.5 Å². The molecule has 0 aliphatic carbocycles. The van der Waals surface area contributed by atoms with Crippen molar-refractivity contribution in [2.75, 3.05) is 6.61 Å². The molecule has 0 saturated heterocycles. The van der Waals surface area contributed by atoms with Crippen molar-refractivity contribution >= 4 is 23.5 Å². The summed E-state index contributed by atoms with van der Waals surface area (Å²) in [5.41, 5.74) is -7.46. The van der Waals surface area contributed by atoms with Crippen LogP contribution in [-0.4, -0.2) is 33.7 Å². The maximum atomic E-state index is 13.3. The van der Waals surface area contributed by atoms with Gasteiger partial charge < -0.3 is 14.9 Å². The van der Waals surface area contributed by atoms with Gasteiger partial charge in [-0.05, 0) is 18.5 Å². The number of aromatic nitrogens is 1. The number of carboxylic acid groups (broad SMARTS) is 2. The first-order valence-electron chi connectivity index (χ1n) is 5.64. The summed E-state index contributed by atoms with van der Waals surface area (Å²) in [5.74, 6) is -5.82. The van der Waals surface area contributed by atoms with Crippen molar-refractivity contribution in [1.82, 2.24) is 4.98 Å². The molecule has 0 aliphatic rings. The molecule has 1 rings (SSSR count). The number of ether oxygens (including phenoxy) is 1. The lowest BCUT2D eigenvalue weighted by atomic mass is 10.0. The normalized spacial score (nSPS) is 12.1. The Morgan fingerprint density at radius 2 is 1.52 bits per heavy atom. The van der Waals surface area contributed by atoms with Gasteiger partial charge in [0.25, 0.3) is 0 Å². The molecule has 0 unspecified atom stereocenters. The lowest BCUT2D eigenvalue weighted by molar-refractivity contribution is -0.142. The Morgan fingerprint density at radius 3 is 1.83 bits per heavy atom. The zero-order valence-corrected chi connectivity index (χ0v) is 11.8. The van der Waals surface area contributed by atoms with Gasteiger partial charge in [0.2, 0.25) is 0 Å². The van der Waals surface area contributed by atoms with Crippen LogP contribution in [0.25, 0.3) is 0 Å². The number of aromatic carboxylic acids is 2. The van der Waals surface area contributed by atoms with Crippen LogP contribution in [0.5, 0.6) is 5.75 Å². The van der Waals surface area contributed by atoms with Crippen molar-refractivity contribution in [3.8, 4) is 5.75 Å². The molecule has 1 aromatic rings. The minimum Gasteiger partial charge on any atom is -0.492 e. The van der Waals surface area contributed by atoms with Gasteiger partial charge in [0.05, 0.1) is 6.61 Å². The highest BCUT2D eigenvalue weighted by Crippen LogP contribution is 2.43. The van der Waals surface area contributed by atoms with E-state index < -0.39 is 58.4 Å². The van der Waals surface area contributed by atoms with Crippen LogP contribution in [0.4, 0.5) is 22.0 Å². The van der Waals surface area contributed by atoms with E-state index in [0.29, 0.717) is 0 Å². The fourth-order valence-electron chi connectivity index (χ4n) is 1.66. The molecular weight excluding hydrogens is 357 g/mol. The minimum atomic E-state index is -5.46. The fraction of sp³-hybridized carbons (Fsp3) is 0.364. The van der Waals surface area contributed by atoms with E-state index in [-0.39, 0.29) is 0 Å². The Hall–Kier alpha value is -2.17. The van der Waals surface area contributed by atoms with Crippen molar-refractivity contribution in [1.29, 1.82) is 0 Å². The first-order valence-corrected chi connectivity index (χ1v) is 6.01. The van der Waals surface area contributed by atoms with Crippen molar-refractivity contribution in [2.45, 2.75) is 18.5 Å². The van der Waals surface area contributed by atoms with E-state index in [2.05, 4.69) is 21.3 Å². The third kappa shape index (κ3) is 3.78. The molecule has 1 heterocycles. The van der Waals surface area contributed by atoms with Gasteiger partial charge in [0.1, 0.15) is 16.8 Å². The number of halogens is 6. The molecule has 2 N–H and O–H groups in total. The molecule has 1 aromatic heterocycles. The van der Waals surface area contributed by atoms with Crippen LogP contribution in [0.2, 0.25) is 0 Å². The van der Waals surface area contributed by atoms with Crippen LogP contribution in [-0.2, 0) is 11.6 Å². The molecule has 128 valence electrons. The maximum Gasteiger partial charge on any atom is 0.434 e. The second kappa shape index (κ2) is 6.14. The Bertz CT molecular complexity index is 605. The van der Waals surface area contributed by atoms with Crippen molar-refractivity contribution in [3.63, 3.8) is 0 Å². The highest BCUT2D eigenvalue weighted by Gasteiger charge is 2.46. The summed E-state index contributed by atoms with van der Waals surface area (Å²) in [6.45, 7) is 0.693. The highest BCUT2D eigenvalue weighted by atomic mass is 35.5. The molecule has 12 heteroatoms. The molecule has 0 amide bonds. The topological polar surface area (TPSA) is 96.7 Å². The molecule has 0 radical (unpaired) electrons. The third-order valence-electron chi connectivity index (χ3n) is 2.40. The minimum absolute atomic E-state index is 0.491. The molecule has 0 atom stereocenters. The van der Waals surface area contributed by atoms with E-state index in [1.54, 1.807) is 0 Å². The van der Waals surface area contributed by atoms with Crippen molar-refractivity contribution in [3.05, 3.63) is 22.5 Å². The first kappa shape index (κ1) is 18.9. The molecule has 0 aliphatic heterocycles. The van der Waals surface area contributed by atoms with Gasteiger partial charge in [-0.1, -0.05) is 0 Å². The second-order valence-corrected chi connectivity index (χ2v) is 4.40. The van der Waals surface area contributed by atoms with Crippen LogP contribution < -0.4 is 4.74 Å². The molecule has 0 aromatic carbocycles. The Kier molecular flexibility index (Phi) is 5.04. The van der Waals surface area contributed by atoms with Crippen LogP contribution in [0.1, 0.15) is 39.0 Å². The maximum absolute atomic E-state index is 13.3. The summed E-state index contributed by atoms with van der Waals surface area (Å²) >= 11 is 4.60. The smallest absolute Gasteiger partial charge is 0.434 e. The highest BCUT2D eigenvalue weighted by molar-refractivity contribution is 6.22. The average molecular weight is 364 g/mol. The molecule has 0 fully saturated rings. The number of carboxylic acids is 2. The standard InChI is InChI=1S/C11H7ClF5NO5/c1-2-23-5-3(8(19)20)6(10(12,13)14)18-7(11(15,16)17)4(5)9(21)22/h2H2,1H3,(H,19,20)(H,21,22). The van der Waals surface area contributed by atoms with Gasteiger partial charge in [-0.3, -0.25) is 0 Å². The van der Waals surface area contributed by atoms with Gasteiger partial charge in [0.15, 0.2) is 11.4 Å². The molecular formula is C11H7ClF5NO5. The van der Waals surface area contributed by atoms with Gasteiger partial charge in [-0.25, -0.2) is 14.6 Å². The van der Waals surface area contributed by atoms with Crippen LogP contribution >= 0.6 is 11.6 Å². The van der Waals surface area contributed by atoms with Crippen LogP contribution in [0.15, 0.2) is 0 Å². The Balaban J connectivity index is 4.07. The average Bonchev–Trinajstić information content (AvgIpc) is 2.34. The predicted molar refractivity (Wildman–Crippen MR) is 64.1 cm³/mol. The van der Waals surface area contributed by atoms with Crippen molar-refractivity contribution < 1.29 is 46.5 Å². The van der Waals surface area contributed by atoms with Crippen LogP contribution in [0.3, 0.4) is 0 Å². The predicted octanol–water partition coefficient (Wildman–Crippen LogP) is 3.18. The molecule has 0 saturated carbocycles. The van der Waals surface area contributed by atoms with Crippen LogP contribution in [0, 0.1) is 0 Å². The summed E-state index contributed by atoms with van der Waals surface area (Å²) < 4.78 is 69.8. The number of pyridine rings is 1. The monoisotopic (exact) mass is 363 g/mol. The Labute approximate surface area is 129 Å². The first-order chi connectivity index (χ1) is 10.3. The van der Waals surface area contributed by atoms with E-state index in [0.717, 1.165) is 0 Å². The van der Waals surface area contributed by atoms with E-state index in [9.17, 15) is 31.5 Å². The zero-order chi connectivity index (χ0) is 18.2. The van der Waals surface area contributed by atoms with Crippen molar-refractivity contribution in [2.24, 2.45) is 0 Å². The van der Waals surface area contributed by atoms with E-state index in [1.165, 1.54) is 6.92 Å². The number of rotatable bonds is 5. The Morgan fingerprint density at radius 1 is 1.09 bits per heavy atom. The van der Waals surface area contributed by atoms with E-state index in [1.807, 2.05) is 0 Å². The molecule has 0 spiro atoms. The largest absolute Gasteiger partial charge is 0.492 e. The fourth-order valence-corrected chi connectivity index (χ4v) is 1.80. The number of hydrogen-bond acceptors (Lipinski definition) is 4. The molecule has 6 nitrogen and oxygen atoms in total. The van der Waals surface area contributed by atoms with E-state index in [4.69, 9.17) is 10.2 Å². The van der Waals surface area contributed by atoms with Gasteiger partial charge in [0, 0.05) is 0 Å². The summed E-state index contributed by atoms with van der Waals surface area (Å²) in [6.07, 6.45) is -5.46. The third-order valence-corrected chi connectivity index (χ3v) is 2.58. The summed E-state index contributed by atoms with van der Waals surface area (Å²) in [7, 11) is 0. The molecule has 23 heavy (non-hydrogen) atoms. The zero-order valence-electron chi connectivity index (χ0n) is 11.0. The number of hydrogen-bond donors (Lipinski definition) is 2. The second-order valence-electron chi connectivity index (χ2n) is 3.93. The van der Waals surface area contributed by atoms with Gasteiger partial charge in [-0.15, -0.1) is 0 Å². The van der Waals surface area contributed by atoms with Gasteiger partial charge in [-0.2, -0.15) is 22.0 Å². The molecule has 0 bridgehead atoms. The number of carbonyl (C=O) groups is 2. The van der Waals surface area contributed by atoms with E-state index >= 15 is 0 Å². The lowest BCUT2D eigenvalue weighted by Gasteiger charge is -2.20. The quantitative estimate of drug-likeness (QED) is 0.616. The number of alkyl halides is 6. The summed E-state index contributed by atoms with van der Waals surface area (Å²) in [5, 5.41) is 13.3. The summed E-state index contributed by atoms with van der Waals surface area (Å²) in [6, 6.07) is 0. The summed E-state index contributed by atoms with van der Waals surface area (Å²) in [4.78, 5) is 24.6. The number of nitrogens with zero attached hydrogens (tertiary/aromatic N) is 1. The SMILES string of the molecule is CCOc1c(C(=O)O)c(C(F)(F)F)nc(C(F)(F)Cl)c1C(=O)O.